The predicted octanol–water partition coefficient (Wildman–Crippen LogP) is 1.22. The lowest BCUT2D eigenvalue weighted by Gasteiger charge is -2.06. The number of nitro groups is 1. The molecule has 8 heteroatoms. The summed E-state index contributed by atoms with van der Waals surface area (Å²) in [5.41, 5.74) is -0.0620. The maximum absolute atomic E-state index is 11.0. The molecule has 0 bridgehead atoms. The molecule has 7 nitrogen and oxygen atoms in total. The third-order valence-electron chi connectivity index (χ3n) is 2.55. The molecule has 1 fully saturated rings. The van der Waals surface area contributed by atoms with Crippen molar-refractivity contribution >= 4 is 15.8 Å². The van der Waals surface area contributed by atoms with Crippen LogP contribution in [0.5, 0.6) is 0 Å². The second-order valence-electron chi connectivity index (χ2n) is 3.68. The molecule has 0 saturated carbocycles. The van der Waals surface area contributed by atoms with E-state index < -0.39 is 19.9 Å². The summed E-state index contributed by atoms with van der Waals surface area (Å²) in [5.74, 6) is 0. The molecule has 0 amide bonds. The van der Waals surface area contributed by atoms with Gasteiger partial charge in [-0.15, -0.1) is 0 Å². The quantitative estimate of drug-likeness (QED) is 0.378. The largest absolute Gasteiger partial charge is 0.368 e. The van der Waals surface area contributed by atoms with Crippen LogP contribution < -0.4 is 0 Å². The van der Waals surface area contributed by atoms with Crippen molar-refractivity contribution in [2.45, 2.75) is 17.9 Å². The molecular weight excluding hydrogens is 250 g/mol. The molecule has 1 heterocycles. The van der Waals surface area contributed by atoms with Crippen LogP contribution >= 0.6 is 0 Å². The molecule has 0 spiro atoms. The molecule has 0 unspecified atom stereocenters. The highest BCUT2D eigenvalue weighted by Gasteiger charge is 2.35. The van der Waals surface area contributed by atoms with Gasteiger partial charge in [0.15, 0.2) is 0 Å². The minimum atomic E-state index is -4.46. The summed E-state index contributed by atoms with van der Waals surface area (Å²) in [5, 5.41) is 10.9. The van der Waals surface area contributed by atoms with E-state index in [-0.39, 0.29) is 17.4 Å². The first kappa shape index (κ1) is 12.0. The summed E-state index contributed by atoms with van der Waals surface area (Å²) < 4.78 is 35.9. The van der Waals surface area contributed by atoms with E-state index in [0.29, 0.717) is 12.2 Å². The highest BCUT2D eigenvalue weighted by molar-refractivity contribution is 7.85. The molecule has 1 atom stereocenters. The average Bonchev–Trinajstić information content (AvgIpc) is 2.97. The number of nitrogens with zero attached hydrogens (tertiary/aromatic N) is 1. The molecule has 0 aliphatic carbocycles. The summed E-state index contributed by atoms with van der Waals surface area (Å²) in [4.78, 5) is 9.81. The van der Waals surface area contributed by atoms with E-state index in [2.05, 4.69) is 0 Å². The Morgan fingerprint density at radius 3 is 2.53 bits per heavy atom. The van der Waals surface area contributed by atoms with E-state index in [1.807, 2.05) is 0 Å². The number of hydrogen-bond donors (Lipinski definition) is 1. The average molecular weight is 259 g/mol. The number of rotatable bonds is 3. The zero-order valence-corrected chi connectivity index (χ0v) is 9.60. The minimum absolute atomic E-state index is 0.0782. The Balaban J connectivity index is 2.70. The van der Waals surface area contributed by atoms with Crippen molar-refractivity contribution in [3.8, 4) is 0 Å². The first-order chi connectivity index (χ1) is 7.82. The summed E-state index contributed by atoms with van der Waals surface area (Å²) >= 11 is 0. The van der Waals surface area contributed by atoms with Crippen molar-refractivity contribution in [3.63, 3.8) is 0 Å². The predicted molar refractivity (Wildman–Crippen MR) is 56.3 cm³/mol. The topological polar surface area (TPSA) is 110 Å². The van der Waals surface area contributed by atoms with E-state index >= 15 is 0 Å². The molecular formula is C9H9NO6S. The van der Waals surface area contributed by atoms with Gasteiger partial charge in [0.2, 0.25) is 0 Å². The van der Waals surface area contributed by atoms with Crippen LogP contribution in [0.15, 0.2) is 17.0 Å². The molecule has 92 valence electrons. The normalized spacial score (nSPS) is 19.1. The van der Waals surface area contributed by atoms with Gasteiger partial charge in [0.1, 0.15) is 11.0 Å². The number of ether oxygens (including phenoxy) is 1. The fourth-order valence-electron chi connectivity index (χ4n) is 1.71. The van der Waals surface area contributed by atoms with Crippen LogP contribution in [-0.4, -0.2) is 24.5 Å². The Labute approximate surface area is 96.9 Å². The first-order valence-electron chi connectivity index (χ1n) is 4.69. The zero-order valence-electron chi connectivity index (χ0n) is 8.78. The van der Waals surface area contributed by atoms with E-state index in [1.54, 1.807) is 0 Å². The van der Waals surface area contributed by atoms with E-state index in [0.717, 1.165) is 6.07 Å². The number of benzene rings is 1. The number of epoxide rings is 1. The van der Waals surface area contributed by atoms with Gasteiger partial charge in [0, 0.05) is 5.56 Å². The first-order valence-corrected chi connectivity index (χ1v) is 6.13. The Hall–Kier alpha value is -1.51. The lowest BCUT2D eigenvalue weighted by molar-refractivity contribution is -0.386. The smallest absolute Gasteiger partial charge is 0.295 e. The molecule has 1 aliphatic heterocycles. The Bertz CT molecular complexity index is 590. The third kappa shape index (κ3) is 2.14. The third-order valence-corrected chi connectivity index (χ3v) is 3.55. The molecule has 1 aromatic rings. The molecule has 1 aromatic carbocycles. The Morgan fingerprint density at radius 2 is 2.12 bits per heavy atom. The molecule has 1 saturated heterocycles. The van der Waals surface area contributed by atoms with E-state index in [4.69, 9.17) is 9.29 Å². The van der Waals surface area contributed by atoms with Crippen molar-refractivity contribution in [3.05, 3.63) is 33.4 Å². The summed E-state index contributed by atoms with van der Waals surface area (Å²) in [6.45, 7) is 1.67. The Kier molecular flexibility index (Phi) is 2.64. The standard InChI is InChI=1S/C9H9NO6S/c1-5-8(17(13,14)15)3-2-6(7-4-16-7)9(5)10(11)12/h2-3,7H,4H2,1H3,(H,13,14,15)/t7-/m1/s1. The lowest BCUT2D eigenvalue weighted by Crippen LogP contribution is -2.06. The fraction of sp³-hybridized carbons (Fsp3) is 0.333. The van der Waals surface area contributed by atoms with Crippen LogP contribution in [0.1, 0.15) is 17.2 Å². The van der Waals surface area contributed by atoms with Crippen molar-refractivity contribution < 1.29 is 22.6 Å². The van der Waals surface area contributed by atoms with Gasteiger partial charge in [-0.2, -0.15) is 8.42 Å². The van der Waals surface area contributed by atoms with Gasteiger partial charge in [-0.3, -0.25) is 14.7 Å². The van der Waals surface area contributed by atoms with Crippen LogP contribution in [-0.2, 0) is 14.9 Å². The van der Waals surface area contributed by atoms with Crippen LogP contribution in [0.4, 0.5) is 5.69 Å². The SMILES string of the molecule is Cc1c(S(=O)(=O)O)ccc([C@H]2CO2)c1[N+](=O)[O-]. The molecule has 1 N–H and O–H groups in total. The lowest BCUT2D eigenvalue weighted by atomic mass is 10.1. The Morgan fingerprint density at radius 1 is 1.53 bits per heavy atom. The zero-order chi connectivity index (χ0) is 12.8. The van der Waals surface area contributed by atoms with Crippen LogP contribution in [0, 0.1) is 17.0 Å². The van der Waals surface area contributed by atoms with Crippen LogP contribution in [0.3, 0.4) is 0 Å². The van der Waals surface area contributed by atoms with Crippen LogP contribution in [0.2, 0.25) is 0 Å². The molecule has 2 rings (SSSR count). The fourth-order valence-corrected chi connectivity index (χ4v) is 2.44. The minimum Gasteiger partial charge on any atom is -0.368 e. The maximum atomic E-state index is 11.0. The van der Waals surface area contributed by atoms with Crippen LogP contribution in [0.25, 0.3) is 0 Å². The number of hydrogen-bond acceptors (Lipinski definition) is 5. The summed E-state index contributed by atoms with van der Waals surface area (Å²) in [6.07, 6.45) is -0.357. The number of nitro benzene ring substituents is 1. The monoisotopic (exact) mass is 259 g/mol. The van der Waals surface area contributed by atoms with Crippen molar-refractivity contribution in [2.75, 3.05) is 6.61 Å². The maximum Gasteiger partial charge on any atom is 0.295 e. The van der Waals surface area contributed by atoms with Gasteiger partial charge < -0.3 is 4.74 Å². The van der Waals surface area contributed by atoms with E-state index in [9.17, 15) is 18.5 Å². The van der Waals surface area contributed by atoms with Crippen molar-refractivity contribution in [1.82, 2.24) is 0 Å². The molecule has 0 radical (unpaired) electrons. The molecule has 1 aliphatic rings. The van der Waals surface area contributed by atoms with Gasteiger partial charge in [-0.25, -0.2) is 0 Å². The van der Waals surface area contributed by atoms with Gasteiger partial charge in [0.25, 0.3) is 15.8 Å². The molecule has 0 aromatic heterocycles. The summed E-state index contributed by atoms with van der Waals surface area (Å²) in [6, 6.07) is 2.45. The van der Waals surface area contributed by atoms with Crippen molar-refractivity contribution in [1.29, 1.82) is 0 Å². The highest BCUT2D eigenvalue weighted by Crippen LogP contribution is 2.39. The second-order valence-corrected chi connectivity index (χ2v) is 5.07. The summed E-state index contributed by atoms with van der Waals surface area (Å²) in [7, 11) is -4.46. The highest BCUT2D eigenvalue weighted by atomic mass is 32.2. The second kappa shape index (κ2) is 3.76. The van der Waals surface area contributed by atoms with Gasteiger partial charge in [-0.1, -0.05) is 0 Å². The van der Waals surface area contributed by atoms with E-state index in [1.165, 1.54) is 13.0 Å². The van der Waals surface area contributed by atoms with Gasteiger partial charge >= 0.3 is 0 Å². The van der Waals surface area contributed by atoms with Crippen molar-refractivity contribution in [2.24, 2.45) is 0 Å². The molecule has 17 heavy (non-hydrogen) atoms. The van der Waals surface area contributed by atoms with Gasteiger partial charge in [0.05, 0.1) is 17.1 Å². The van der Waals surface area contributed by atoms with Gasteiger partial charge in [-0.05, 0) is 19.1 Å².